The number of benzene rings is 1. The van der Waals surface area contributed by atoms with Crippen molar-refractivity contribution in [3.05, 3.63) is 35.2 Å². The van der Waals surface area contributed by atoms with Crippen molar-refractivity contribution in [3.8, 4) is 5.75 Å². The number of anilines is 1. The first-order valence-corrected chi connectivity index (χ1v) is 18.3. The molecule has 2 aliphatic rings. The summed E-state index contributed by atoms with van der Waals surface area (Å²) in [5.41, 5.74) is 1.09. The average Bonchev–Trinajstić information content (AvgIpc) is 3.40. The van der Waals surface area contributed by atoms with Crippen LogP contribution < -0.4 is 10.1 Å². The van der Waals surface area contributed by atoms with E-state index in [4.69, 9.17) is 14.0 Å². The number of hydrogen-bond donors (Lipinski definition) is 2. The maximum absolute atomic E-state index is 14.4. The van der Waals surface area contributed by atoms with Gasteiger partial charge in [0.05, 0.1) is 30.4 Å². The van der Waals surface area contributed by atoms with E-state index in [1.165, 1.54) is 11.4 Å². The number of amides is 2. The number of carbonyl (C=O) groups excluding carboxylic acids is 2. The second-order valence-corrected chi connectivity index (χ2v) is 15.3. The van der Waals surface area contributed by atoms with Gasteiger partial charge in [0.1, 0.15) is 16.3 Å². The van der Waals surface area contributed by atoms with Crippen molar-refractivity contribution in [2.24, 2.45) is 11.8 Å². The van der Waals surface area contributed by atoms with Crippen molar-refractivity contribution < 1.29 is 37.1 Å². The fourth-order valence-corrected chi connectivity index (χ4v) is 7.89. The summed E-state index contributed by atoms with van der Waals surface area (Å²) in [5, 5.41) is 17.1. The third-order valence-electron chi connectivity index (χ3n) is 9.37. The molecular formula is C34H52N4O8S. The quantitative estimate of drug-likeness (QED) is 0.397. The number of hydrogen-bond acceptors (Lipinski definition) is 9. The molecule has 1 aromatic heterocycles. The lowest BCUT2D eigenvalue weighted by atomic mass is 9.88. The Morgan fingerprint density at radius 3 is 2.49 bits per heavy atom. The summed E-state index contributed by atoms with van der Waals surface area (Å²) < 4.78 is 46.1. The summed E-state index contributed by atoms with van der Waals surface area (Å²) in [4.78, 5) is 29.1. The van der Waals surface area contributed by atoms with Gasteiger partial charge in [0, 0.05) is 44.3 Å². The minimum atomic E-state index is -3.93. The lowest BCUT2D eigenvalue weighted by Gasteiger charge is -2.35. The first-order valence-electron chi connectivity index (χ1n) is 16.9. The van der Waals surface area contributed by atoms with Crippen LogP contribution in [0.1, 0.15) is 93.9 Å². The average molecular weight is 677 g/mol. The first-order chi connectivity index (χ1) is 22.3. The zero-order chi connectivity index (χ0) is 34.3. The van der Waals surface area contributed by atoms with Gasteiger partial charge in [0.25, 0.3) is 5.91 Å². The third-order valence-corrected chi connectivity index (χ3v) is 11.4. The van der Waals surface area contributed by atoms with Gasteiger partial charge < -0.3 is 29.3 Å². The van der Waals surface area contributed by atoms with E-state index in [1.54, 1.807) is 43.9 Å². The van der Waals surface area contributed by atoms with Crippen molar-refractivity contribution in [3.63, 3.8) is 0 Å². The minimum Gasteiger partial charge on any atom is -0.490 e. The number of ether oxygens (including phenoxy) is 2. The molecule has 0 radical (unpaired) electrons. The third kappa shape index (κ3) is 9.13. The predicted molar refractivity (Wildman–Crippen MR) is 178 cm³/mol. The van der Waals surface area contributed by atoms with E-state index in [2.05, 4.69) is 10.5 Å². The van der Waals surface area contributed by atoms with Gasteiger partial charge in [-0.05, 0) is 78.0 Å². The molecule has 1 saturated carbocycles. The molecule has 0 spiro atoms. The largest absolute Gasteiger partial charge is 0.490 e. The molecule has 1 aromatic carbocycles. The molecule has 13 heteroatoms. The van der Waals surface area contributed by atoms with Gasteiger partial charge in [-0.3, -0.25) is 9.59 Å². The summed E-state index contributed by atoms with van der Waals surface area (Å²) in [6.07, 6.45) is 6.43. The normalized spacial score (nSPS) is 23.1. The molecule has 1 aliphatic carbocycles. The molecule has 2 aromatic rings. The molecule has 4 rings (SSSR count). The van der Waals surface area contributed by atoms with Crippen LogP contribution in [0.3, 0.4) is 0 Å². The minimum absolute atomic E-state index is 0.0382. The number of aromatic nitrogens is 1. The highest BCUT2D eigenvalue weighted by atomic mass is 32.2. The number of nitrogens with zero attached hydrogens (tertiary/aromatic N) is 3. The molecule has 1 aliphatic heterocycles. The molecule has 0 bridgehead atoms. The van der Waals surface area contributed by atoms with Crippen LogP contribution in [0, 0.1) is 25.7 Å². The second kappa shape index (κ2) is 16.4. The van der Waals surface area contributed by atoms with Crippen LogP contribution in [0.2, 0.25) is 0 Å². The van der Waals surface area contributed by atoms with Gasteiger partial charge >= 0.3 is 0 Å². The van der Waals surface area contributed by atoms with E-state index in [9.17, 15) is 23.1 Å². The maximum Gasteiger partial charge on any atom is 0.258 e. The Morgan fingerprint density at radius 2 is 1.83 bits per heavy atom. The molecular weight excluding hydrogens is 624 g/mol. The zero-order valence-corrected chi connectivity index (χ0v) is 29.5. The van der Waals surface area contributed by atoms with Gasteiger partial charge in [-0.15, -0.1) is 0 Å². The number of carbonyl (C=O) groups is 2. The smallest absolute Gasteiger partial charge is 0.258 e. The van der Waals surface area contributed by atoms with Crippen molar-refractivity contribution in [2.45, 2.75) is 109 Å². The molecule has 12 nitrogen and oxygen atoms in total. The Bertz CT molecular complexity index is 1450. The second-order valence-electron chi connectivity index (χ2n) is 13.3. The van der Waals surface area contributed by atoms with Gasteiger partial charge in [0.2, 0.25) is 15.9 Å². The van der Waals surface area contributed by atoms with E-state index in [1.807, 2.05) is 13.8 Å². The highest BCUT2D eigenvalue weighted by Crippen LogP contribution is 2.31. The van der Waals surface area contributed by atoms with E-state index in [0.717, 1.165) is 44.9 Å². The first kappa shape index (κ1) is 36.8. The van der Waals surface area contributed by atoms with Crippen molar-refractivity contribution in [1.29, 1.82) is 0 Å². The molecule has 0 unspecified atom stereocenters. The molecule has 47 heavy (non-hydrogen) atoms. The summed E-state index contributed by atoms with van der Waals surface area (Å²) in [6.45, 7) is 9.12. The van der Waals surface area contributed by atoms with Crippen LogP contribution in [0.4, 0.5) is 5.69 Å². The Labute approximate surface area is 279 Å². The summed E-state index contributed by atoms with van der Waals surface area (Å²) in [5.74, 6) is -0.148. The molecule has 0 saturated heterocycles. The van der Waals surface area contributed by atoms with Gasteiger partial charge in [-0.25, -0.2) is 8.42 Å². The lowest BCUT2D eigenvalue weighted by molar-refractivity contribution is -0.120. The Kier molecular flexibility index (Phi) is 12.9. The summed E-state index contributed by atoms with van der Waals surface area (Å²) in [6, 6.07) is 4.60. The number of aryl methyl sites for hydroxylation is 2. The standard InChI is InChI=1S/C34H52N4O8S/c1-22-19-38(23(2)21-39)34(41)29-18-28(35-33(40)27-13-8-7-9-14-27)15-16-30(29)45-24(3)12-10-11-17-44-31(22)20-37(6)47(42,43)32-25(4)36-46-26(32)5/h15-16,18,22-24,27,31,39H,7-14,17,19-21H2,1-6H3,(H,35,40)/t22-,23+,24-,31+/m0/s1. The van der Waals surface area contributed by atoms with Crippen LogP contribution in [0.5, 0.6) is 5.75 Å². The number of likely N-dealkylation sites (N-methyl/N-ethyl adjacent to an activating group) is 1. The SMILES string of the molecule is Cc1noc(C)c1S(=O)(=O)N(C)C[C@H]1OCCCC[C@H](C)Oc2ccc(NC(=O)C3CCCCC3)cc2C(=O)N([C@H](C)CO)C[C@@H]1C. The van der Waals surface area contributed by atoms with E-state index < -0.39 is 22.2 Å². The lowest BCUT2D eigenvalue weighted by Crippen LogP contribution is -2.48. The van der Waals surface area contributed by atoms with Crippen LogP contribution in [-0.4, -0.2) is 91.3 Å². The van der Waals surface area contributed by atoms with Crippen LogP contribution in [-0.2, 0) is 19.6 Å². The molecule has 1 fully saturated rings. The zero-order valence-electron chi connectivity index (χ0n) is 28.7. The van der Waals surface area contributed by atoms with E-state index in [-0.39, 0.29) is 65.8 Å². The molecule has 262 valence electrons. The van der Waals surface area contributed by atoms with E-state index in [0.29, 0.717) is 30.0 Å². The Balaban J connectivity index is 1.64. The van der Waals surface area contributed by atoms with Crippen LogP contribution in [0.25, 0.3) is 0 Å². The number of aliphatic hydroxyl groups is 1. The highest BCUT2D eigenvalue weighted by molar-refractivity contribution is 7.89. The Morgan fingerprint density at radius 1 is 1.13 bits per heavy atom. The number of rotatable bonds is 8. The van der Waals surface area contributed by atoms with Crippen molar-refractivity contribution >= 4 is 27.5 Å². The van der Waals surface area contributed by atoms with Gasteiger partial charge in [-0.2, -0.15) is 4.31 Å². The monoisotopic (exact) mass is 676 g/mol. The number of sulfonamides is 1. The number of aliphatic hydroxyl groups excluding tert-OH is 1. The van der Waals surface area contributed by atoms with Crippen LogP contribution in [0.15, 0.2) is 27.6 Å². The predicted octanol–water partition coefficient (Wildman–Crippen LogP) is 4.93. The molecule has 2 heterocycles. The molecule has 2 N–H and O–H groups in total. The number of fused-ring (bicyclic) bond motifs is 1. The summed E-state index contributed by atoms with van der Waals surface area (Å²) >= 11 is 0. The number of nitrogens with one attached hydrogen (secondary N) is 1. The summed E-state index contributed by atoms with van der Waals surface area (Å²) in [7, 11) is -2.43. The van der Waals surface area contributed by atoms with Gasteiger partial charge in [-0.1, -0.05) is 31.3 Å². The highest BCUT2D eigenvalue weighted by Gasteiger charge is 2.34. The Hall–Kier alpha value is -3.00. The molecule has 4 atom stereocenters. The van der Waals surface area contributed by atoms with Crippen molar-refractivity contribution in [2.75, 3.05) is 38.7 Å². The molecule has 2 amide bonds. The van der Waals surface area contributed by atoms with Gasteiger partial charge in [0.15, 0.2) is 5.76 Å². The maximum atomic E-state index is 14.4. The fraction of sp³-hybridized carbons (Fsp3) is 0.676. The fourth-order valence-electron chi connectivity index (χ4n) is 6.42. The van der Waals surface area contributed by atoms with E-state index >= 15 is 0 Å². The van der Waals surface area contributed by atoms with Crippen molar-refractivity contribution in [1.82, 2.24) is 14.4 Å². The topological polar surface area (TPSA) is 152 Å². The van der Waals surface area contributed by atoms with Crippen LogP contribution >= 0.6 is 0 Å².